The first kappa shape index (κ1) is 23.2. The second kappa shape index (κ2) is 11.8. The van der Waals surface area contributed by atoms with Gasteiger partial charge in [0.1, 0.15) is 5.76 Å². The van der Waals surface area contributed by atoms with Gasteiger partial charge in [0, 0.05) is 42.1 Å². The van der Waals surface area contributed by atoms with E-state index in [4.69, 9.17) is 4.42 Å². The summed E-state index contributed by atoms with van der Waals surface area (Å²) in [5, 5.41) is 2.92. The van der Waals surface area contributed by atoms with Gasteiger partial charge in [-0.25, -0.2) is 0 Å². The Morgan fingerprint density at radius 1 is 1.07 bits per heavy atom. The highest BCUT2D eigenvalue weighted by atomic mass is 79.9. The molecule has 3 rings (SSSR count). The van der Waals surface area contributed by atoms with Crippen molar-refractivity contribution in [2.75, 3.05) is 45.8 Å². The Balaban J connectivity index is 1.37. The van der Waals surface area contributed by atoms with Crippen molar-refractivity contribution in [3.63, 3.8) is 0 Å². The lowest BCUT2D eigenvalue weighted by Crippen LogP contribution is -2.47. The highest BCUT2D eigenvalue weighted by molar-refractivity contribution is 9.10. The van der Waals surface area contributed by atoms with Crippen LogP contribution in [-0.2, 0) is 16.6 Å². The summed E-state index contributed by atoms with van der Waals surface area (Å²) in [4.78, 5) is 18.0. The van der Waals surface area contributed by atoms with Crippen molar-refractivity contribution in [1.29, 1.82) is 0 Å². The molecule has 1 aliphatic rings. The van der Waals surface area contributed by atoms with Gasteiger partial charge in [-0.05, 0) is 62.3 Å². The maximum Gasteiger partial charge on any atom is 0.286 e. The summed E-state index contributed by atoms with van der Waals surface area (Å²) in [7, 11) is -1.21. The molecule has 0 radical (unpaired) electrons. The molecule has 1 aromatic carbocycles. The minimum atomic E-state index is -1.21. The van der Waals surface area contributed by atoms with Crippen LogP contribution < -0.4 is 5.32 Å². The number of amides is 1. The number of nitrogens with one attached hydrogen (secondary N) is 1. The third kappa shape index (κ3) is 7.04. The Morgan fingerprint density at radius 3 is 2.40 bits per heavy atom. The quantitative estimate of drug-likeness (QED) is 0.511. The second-order valence-corrected chi connectivity index (χ2v) is 9.87. The van der Waals surface area contributed by atoms with Gasteiger partial charge in [0.25, 0.3) is 5.91 Å². The molecule has 164 valence electrons. The molecule has 1 aromatic heterocycles. The lowest BCUT2D eigenvalue weighted by molar-refractivity contribution is 0.0919. The fraction of sp³-hybridized carbons (Fsp3) is 0.500. The summed E-state index contributed by atoms with van der Waals surface area (Å²) in [5.41, 5.74) is 0. The summed E-state index contributed by atoms with van der Waals surface area (Å²) in [6, 6.07) is 10.7. The minimum absolute atomic E-state index is 0.219. The van der Waals surface area contributed by atoms with Gasteiger partial charge in [-0.3, -0.25) is 9.00 Å². The fourth-order valence-corrected chi connectivity index (χ4v) is 4.81. The van der Waals surface area contributed by atoms with Crippen LogP contribution in [0.5, 0.6) is 0 Å². The average Bonchev–Trinajstić information content (AvgIpc) is 3.21. The van der Waals surface area contributed by atoms with Gasteiger partial charge >= 0.3 is 0 Å². The number of hydrogen-bond donors (Lipinski definition) is 1. The van der Waals surface area contributed by atoms with Crippen LogP contribution in [0.3, 0.4) is 0 Å². The molecule has 1 saturated heterocycles. The van der Waals surface area contributed by atoms with E-state index in [9.17, 15) is 9.00 Å². The zero-order chi connectivity index (χ0) is 21.3. The zero-order valence-corrected chi connectivity index (χ0v) is 19.8. The minimum Gasteiger partial charge on any atom is -0.455 e. The molecule has 1 amide bonds. The third-order valence-electron chi connectivity index (χ3n) is 5.18. The van der Waals surface area contributed by atoms with E-state index < -0.39 is 10.8 Å². The van der Waals surface area contributed by atoms with Gasteiger partial charge in [-0.15, -0.1) is 0 Å². The normalized spacial score (nSPS) is 16.5. The molecule has 2 heterocycles. The van der Waals surface area contributed by atoms with Gasteiger partial charge in [-0.1, -0.05) is 22.9 Å². The van der Waals surface area contributed by atoms with Crippen molar-refractivity contribution >= 4 is 32.6 Å². The monoisotopic (exact) mass is 495 g/mol. The molecule has 0 saturated carbocycles. The SMILES string of the molecule is CCCN1CCN(CCCNC(=O)c2ccc(C[S@@](=O)c3ccc(Br)cc3)o2)CC1. The van der Waals surface area contributed by atoms with Crippen molar-refractivity contribution in [1.82, 2.24) is 15.1 Å². The van der Waals surface area contributed by atoms with Crippen LogP contribution in [0.15, 0.2) is 50.2 Å². The van der Waals surface area contributed by atoms with Crippen LogP contribution in [0, 0.1) is 0 Å². The first-order valence-electron chi connectivity index (χ1n) is 10.5. The Bertz CT molecular complexity index is 832. The van der Waals surface area contributed by atoms with E-state index in [-0.39, 0.29) is 17.4 Å². The predicted octanol–water partition coefficient (Wildman–Crippen LogP) is 3.50. The number of benzene rings is 1. The topological polar surface area (TPSA) is 65.8 Å². The Morgan fingerprint density at radius 2 is 1.73 bits per heavy atom. The average molecular weight is 496 g/mol. The van der Waals surface area contributed by atoms with Crippen LogP contribution in [0.25, 0.3) is 0 Å². The number of hydrogen-bond acceptors (Lipinski definition) is 5. The molecular weight excluding hydrogens is 466 g/mol. The van der Waals surface area contributed by atoms with Crippen LogP contribution in [0.4, 0.5) is 0 Å². The number of carbonyl (C=O) groups is 1. The number of rotatable bonds is 10. The van der Waals surface area contributed by atoms with Gasteiger partial charge in [0.15, 0.2) is 5.76 Å². The van der Waals surface area contributed by atoms with Crippen molar-refractivity contribution < 1.29 is 13.4 Å². The summed E-state index contributed by atoms with van der Waals surface area (Å²) in [6.45, 7) is 9.50. The molecule has 8 heteroatoms. The molecule has 6 nitrogen and oxygen atoms in total. The summed E-state index contributed by atoms with van der Waals surface area (Å²) < 4.78 is 19.0. The van der Waals surface area contributed by atoms with Crippen molar-refractivity contribution in [2.24, 2.45) is 0 Å². The van der Waals surface area contributed by atoms with Crippen LogP contribution in [0.1, 0.15) is 36.1 Å². The van der Waals surface area contributed by atoms with Gasteiger partial charge in [0.05, 0.1) is 16.6 Å². The van der Waals surface area contributed by atoms with E-state index in [1.807, 2.05) is 24.3 Å². The molecular formula is C22H30BrN3O3S. The van der Waals surface area contributed by atoms with E-state index in [2.05, 4.69) is 38.0 Å². The summed E-state index contributed by atoms with van der Waals surface area (Å²) in [6.07, 6.45) is 2.13. The number of furan rings is 1. The highest BCUT2D eigenvalue weighted by Crippen LogP contribution is 2.17. The smallest absolute Gasteiger partial charge is 0.286 e. The number of carbonyl (C=O) groups excluding carboxylic acids is 1. The first-order valence-corrected chi connectivity index (χ1v) is 12.6. The van der Waals surface area contributed by atoms with Gasteiger partial charge in [0.2, 0.25) is 0 Å². The molecule has 0 spiro atoms. The maximum absolute atomic E-state index is 12.5. The number of halogens is 1. The van der Waals surface area contributed by atoms with Crippen molar-refractivity contribution in [2.45, 2.75) is 30.4 Å². The largest absolute Gasteiger partial charge is 0.455 e. The highest BCUT2D eigenvalue weighted by Gasteiger charge is 2.16. The van der Waals surface area contributed by atoms with E-state index in [0.717, 1.165) is 48.5 Å². The lowest BCUT2D eigenvalue weighted by Gasteiger charge is -2.34. The van der Waals surface area contributed by atoms with Crippen molar-refractivity contribution in [3.05, 3.63) is 52.4 Å². The third-order valence-corrected chi connectivity index (χ3v) is 7.05. The van der Waals surface area contributed by atoms with Crippen molar-refractivity contribution in [3.8, 4) is 0 Å². The van der Waals surface area contributed by atoms with Gasteiger partial charge < -0.3 is 19.5 Å². The molecule has 1 fully saturated rings. The second-order valence-electron chi connectivity index (χ2n) is 7.50. The number of nitrogens with zero attached hydrogens (tertiary/aromatic N) is 2. The van der Waals surface area contributed by atoms with E-state index >= 15 is 0 Å². The molecule has 1 atom stereocenters. The summed E-state index contributed by atoms with van der Waals surface area (Å²) in [5.74, 6) is 0.847. The Hall–Kier alpha value is -1.48. The maximum atomic E-state index is 12.5. The standard InChI is InChI=1S/C22H30BrN3O3S/c1-2-11-25-13-15-26(16-14-25)12-3-10-24-22(27)21-9-6-19(29-21)17-30(28)20-7-4-18(23)5-8-20/h4-9H,2-3,10-17H2,1H3,(H,24,27)/t30-/m1/s1. The molecule has 1 N–H and O–H groups in total. The molecule has 2 aromatic rings. The summed E-state index contributed by atoms with van der Waals surface area (Å²) >= 11 is 3.37. The fourth-order valence-electron chi connectivity index (χ4n) is 3.52. The molecule has 0 aliphatic carbocycles. The molecule has 30 heavy (non-hydrogen) atoms. The number of piperazine rings is 1. The molecule has 0 bridgehead atoms. The molecule has 1 aliphatic heterocycles. The van der Waals surface area contributed by atoms with Gasteiger partial charge in [-0.2, -0.15) is 0 Å². The van der Waals surface area contributed by atoms with E-state index in [1.54, 1.807) is 12.1 Å². The van der Waals surface area contributed by atoms with E-state index in [1.165, 1.54) is 13.0 Å². The van der Waals surface area contributed by atoms with Crippen LogP contribution in [-0.4, -0.2) is 65.7 Å². The first-order chi connectivity index (χ1) is 14.5. The zero-order valence-electron chi connectivity index (χ0n) is 17.4. The lowest BCUT2D eigenvalue weighted by atomic mass is 10.2. The Kier molecular flexibility index (Phi) is 9.11. The molecule has 0 unspecified atom stereocenters. The van der Waals surface area contributed by atoms with Crippen LogP contribution in [0.2, 0.25) is 0 Å². The predicted molar refractivity (Wildman–Crippen MR) is 123 cm³/mol. The van der Waals surface area contributed by atoms with E-state index in [0.29, 0.717) is 12.3 Å². The Labute approximate surface area is 189 Å². The van der Waals surface area contributed by atoms with Crippen LogP contribution >= 0.6 is 15.9 Å².